The van der Waals surface area contributed by atoms with Gasteiger partial charge in [0, 0.05) is 12.1 Å². The van der Waals surface area contributed by atoms with E-state index in [0.717, 1.165) is 0 Å². The number of hydrogen-bond donors (Lipinski definition) is 5. The molecular weight excluding hydrogens is 456 g/mol. The molecule has 0 aromatic heterocycles. The Hall–Kier alpha value is -3.18. The van der Waals surface area contributed by atoms with Crippen LogP contribution in [-0.4, -0.2) is 76.0 Å². The first-order valence-corrected chi connectivity index (χ1v) is 10.7. The summed E-state index contributed by atoms with van der Waals surface area (Å²) < 4.78 is 0. The first-order valence-electron chi connectivity index (χ1n) is 10.4. The van der Waals surface area contributed by atoms with Crippen LogP contribution in [0, 0.1) is 0 Å². The number of amides is 3. The van der Waals surface area contributed by atoms with E-state index >= 15 is 0 Å². The number of nitrogens with zero attached hydrogens (tertiary/aromatic N) is 1. The van der Waals surface area contributed by atoms with Crippen LogP contribution in [-0.2, 0) is 19.2 Å². The van der Waals surface area contributed by atoms with E-state index in [1.54, 1.807) is 0 Å². The van der Waals surface area contributed by atoms with E-state index in [0.29, 0.717) is 24.8 Å². The molecule has 11 nitrogen and oxygen atoms in total. The SMILES string of the molecule is CC(O)Nc1ccc(C(=O)N[C@@H](C)C(=O)N2CCC[C@H]2C(=O)NC(C=O)CC(=O)O)cc1Cl. The molecule has 1 aromatic carbocycles. The number of carbonyl (C=O) groups excluding carboxylic acids is 4. The Bertz CT molecular complexity index is 924. The lowest BCUT2D eigenvalue weighted by molar-refractivity contribution is -0.141. The van der Waals surface area contributed by atoms with Gasteiger partial charge in [0.1, 0.15) is 24.6 Å². The smallest absolute Gasteiger partial charge is 0.305 e. The number of aldehydes is 1. The molecule has 4 atom stereocenters. The molecule has 1 heterocycles. The summed E-state index contributed by atoms with van der Waals surface area (Å²) >= 11 is 6.12. The Kier molecular flexibility index (Phi) is 9.18. The zero-order valence-corrected chi connectivity index (χ0v) is 19.0. The summed E-state index contributed by atoms with van der Waals surface area (Å²) in [5, 5.41) is 26.1. The standard InChI is InChI=1S/C21H27ClN4O7/c1-11(23-19(31)13-5-6-16(15(22)8-13)24-12(2)28)21(33)26-7-3-4-17(26)20(32)25-14(10-27)9-18(29)30/h5-6,8,10-12,14,17,24,28H,3-4,7,9H2,1-2H3,(H,23,31)(H,25,32)(H,29,30)/t11-,12?,14?,17-/m0/s1. The van der Waals surface area contributed by atoms with Crippen molar-refractivity contribution in [3.63, 3.8) is 0 Å². The average Bonchev–Trinajstić information content (AvgIpc) is 3.23. The largest absolute Gasteiger partial charge is 0.481 e. The highest BCUT2D eigenvalue weighted by molar-refractivity contribution is 6.33. The Balaban J connectivity index is 2.02. The fraction of sp³-hybridized carbons (Fsp3) is 0.476. The lowest BCUT2D eigenvalue weighted by Gasteiger charge is -2.27. The van der Waals surface area contributed by atoms with Gasteiger partial charge in [0.2, 0.25) is 11.8 Å². The van der Waals surface area contributed by atoms with Crippen LogP contribution < -0.4 is 16.0 Å². The predicted molar refractivity (Wildman–Crippen MR) is 119 cm³/mol. The number of carboxylic acids is 1. The van der Waals surface area contributed by atoms with Gasteiger partial charge >= 0.3 is 5.97 Å². The number of hydrogen-bond acceptors (Lipinski definition) is 7. The van der Waals surface area contributed by atoms with Crippen molar-refractivity contribution in [1.29, 1.82) is 0 Å². The Morgan fingerprint density at radius 2 is 1.94 bits per heavy atom. The van der Waals surface area contributed by atoms with Gasteiger partial charge in [-0.1, -0.05) is 11.6 Å². The first kappa shape index (κ1) is 26.1. The van der Waals surface area contributed by atoms with Gasteiger partial charge in [-0.25, -0.2) is 0 Å². The summed E-state index contributed by atoms with van der Waals surface area (Å²) in [6, 6.07) is 1.39. The zero-order chi connectivity index (χ0) is 24.7. The van der Waals surface area contributed by atoms with E-state index in [4.69, 9.17) is 16.7 Å². The lowest BCUT2D eigenvalue weighted by atomic mass is 10.1. The van der Waals surface area contributed by atoms with Crippen molar-refractivity contribution in [2.45, 2.75) is 57.5 Å². The summed E-state index contributed by atoms with van der Waals surface area (Å²) in [7, 11) is 0. The second-order valence-electron chi connectivity index (χ2n) is 7.75. The number of carbonyl (C=O) groups is 5. The van der Waals surface area contributed by atoms with Gasteiger partial charge in [-0.05, 0) is 44.9 Å². The topological polar surface area (TPSA) is 165 Å². The summed E-state index contributed by atoms with van der Waals surface area (Å²) in [5.74, 6) is -2.90. The molecule has 33 heavy (non-hydrogen) atoms. The number of aliphatic hydroxyl groups excluding tert-OH is 1. The van der Waals surface area contributed by atoms with Crippen molar-refractivity contribution in [3.8, 4) is 0 Å². The van der Waals surface area contributed by atoms with Crippen LogP contribution in [0.4, 0.5) is 5.69 Å². The minimum Gasteiger partial charge on any atom is -0.481 e. The van der Waals surface area contributed by atoms with Gasteiger partial charge in [0.05, 0.1) is 23.2 Å². The van der Waals surface area contributed by atoms with Gasteiger partial charge in [-0.2, -0.15) is 0 Å². The molecule has 12 heteroatoms. The average molecular weight is 483 g/mol. The monoisotopic (exact) mass is 482 g/mol. The van der Waals surface area contributed by atoms with Gasteiger partial charge in [0.25, 0.3) is 5.91 Å². The van der Waals surface area contributed by atoms with E-state index in [2.05, 4.69) is 16.0 Å². The maximum atomic E-state index is 12.9. The van der Waals surface area contributed by atoms with Crippen LogP contribution in [0.5, 0.6) is 0 Å². The first-order chi connectivity index (χ1) is 15.5. The van der Waals surface area contributed by atoms with Crippen molar-refractivity contribution < 1.29 is 34.2 Å². The molecule has 2 rings (SSSR count). The molecule has 0 saturated carbocycles. The molecule has 180 valence electrons. The molecule has 0 spiro atoms. The fourth-order valence-corrected chi connectivity index (χ4v) is 3.73. The van der Waals surface area contributed by atoms with Crippen LogP contribution in [0.25, 0.3) is 0 Å². The Morgan fingerprint density at radius 1 is 1.24 bits per heavy atom. The van der Waals surface area contributed by atoms with E-state index in [9.17, 15) is 29.1 Å². The summed E-state index contributed by atoms with van der Waals surface area (Å²) in [6.07, 6.45) is -0.164. The second-order valence-corrected chi connectivity index (χ2v) is 8.16. The molecule has 1 aliphatic heterocycles. The Labute approximate surface area is 195 Å². The lowest BCUT2D eigenvalue weighted by Crippen LogP contribution is -2.54. The number of carboxylic acid groups (broad SMARTS) is 1. The number of nitrogens with one attached hydrogen (secondary N) is 3. The minimum atomic E-state index is -1.24. The molecule has 3 amide bonds. The van der Waals surface area contributed by atoms with Gasteiger partial charge < -0.3 is 35.9 Å². The summed E-state index contributed by atoms with van der Waals surface area (Å²) in [4.78, 5) is 61.2. The third-order valence-corrected chi connectivity index (χ3v) is 5.35. The van der Waals surface area contributed by atoms with Crippen molar-refractivity contribution in [3.05, 3.63) is 28.8 Å². The highest BCUT2D eigenvalue weighted by Crippen LogP contribution is 2.24. The Morgan fingerprint density at radius 3 is 2.52 bits per heavy atom. The van der Waals surface area contributed by atoms with Crippen molar-refractivity contribution >= 4 is 47.3 Å². The summed E-state index contributed by atoms with van der Waals surface area (Å²) in [6.45, 7) is 3.28. The number of likely N-dealkylation sites (tertiary alicyclic amines) is 1. The van der Waals surface area contributed by atoms with Crippen LogP contribution in [0.1, 0.15) is 43.5 Å². The second kappa shape index (κ2) is 11.6. The zero-order valence-electron chi connectivity index (χ0n) is 18.2. The highest BCUT2D eigenvalue weighted by Gasteiger charge is 2.37. The number of anilines is 1. The molecule has 1 saturated heterocycles. The van der Waals surface area contributed by atoms with Crippen LogP contribution >= 0.6 is 11.6 Å². The maximum Gasteiger partial charge on any atom is 0.305 e. The predicted octanol–water partition coefficient (Wildman–Crippen LogP) is 0.358. The van der Waals surface area contributed by atoms with Crippen LogP contribution in [0.3, 0.4) is 0 Å². The molecule has 1 aliphatic rings. The van der Waals surface area contributed by atoms with Gasteiger partial charge in [0.15, 0.2) is 0 Å². The quantitative estimate of drug-likeness (QED) is 0.235. The molecule has 1 aromatic rings. The maximum absolute atomic E-state index is 12.9. The number of aliphatic carboxylic acids is 1. The summed E-state index contributed by atoms with van der Waals surface area (Å²) in [5.41, 5.74) is 0.642. The molecule has 2 unspecified atom stereocenters. The number of halogens is 1. The van der Waals surface area contributed by atoms with Crippen LogP contribution in [0.2, 0.25) is 5.02 Å². The van der Waals surface area contributed by atoms with Crippen molar-refractivity contribution in [2.24, 2.45) is 0 Å². The van der Waals surface area contributed by atoms with Gasteiger partial charge in [-0.15, -0.1) is 0 Å². The highest BCUT2D eigenvalue weighted by atomic mass is 35.5. The number of benzene rings is 1. The molecule has 5 N–H and O–H groups in total. The van der Waals surface area contributed by atoms with Crippen LogP contribution in [0.15, 0.2) is 18.2 Å². The molecule has 0 aliphatic carbocycles. The van der Waals surface area contributed by atoms with Crippen molar-refractivity contribution in [1.82, 2.24) is 15.5 Å². The molecule has 0 bridgehead atoms. The molecule has 0 radical (unpaired) electrons. The molecular formula is C21H27ClN4O7. The van der Waals surface area contributed by atoms with Crippen molar-refractivity contribution in [2.75, 3.05) is 11.9 Å². The van der Waals surface area contributed by atoms with Gasteiger partial charge in [-0.3, -0.25) is 19.2 Å². The third-order valence-electron chi connectivity index (χ3n) is 5.04. The molecule has 1 fully saturated rings. The van der Waals surface area contributed by atoms with E-state index in [1.807, 2.05) is 0 Å². The number of rotatable bonds is 10. The minimum absolute atomic E-state index is 0.203. The van der Waals surface area contributed by atoms with E-state index in [1.165, 1.54) is 36.9 Å². The third kappa shape index (κ3) is 7.16. The van der Waals surface area contributed by atoms with E-state index < -0.39 is 54.5 Å². The normalized spacial score (nSPS) is 18.1. The number of aliphatic hydroxyl groups is 1. The fourth-order valence-electron chi connectivity index (χ4n) is 3.49. The van der Waals surface area contributed by atoms with E-state index in [-0.39, 0.29) is 17.1 Å².